The number of halogens is 1. The van der Waals surface area contributed by atoms with Crippen molar-refractivity contribution in [3.05, 3.63) is 57.9 Å². The SMILES string of the molecule is Cc1nn(Cc2ccccc2Cl)c(C)c1/C=C/C(=O)OCC(=O)NCC1CCCO1. The number of amides is 1. The van der Waals surface area contributed by atoms with Crippen molar-refractivity contribution < 1.29 is 19.1 Å². The van der Waals surface area contributed by atoms with Gasteiger partial charge in [0.25, 0.3) is 5.91 Å². The molecule has 3 rings (SSSR count). The number of nitrogens with zero attached hydrogens (tertiary/aromatic N) is 2. The lowest BCUT2D eigenvalue weighted by atomic mass is 10.1. The van der Waals surface area contributed by atoms with Gasteiger partial charge < -0.3 is 14.8 Å². The van der Waals surface area contributed by atoms with E-state index in [1.807, 2.05) is 42.8 Å². The zero-order valence-corrected chi connectivity index (χ0v) is 17.9. The first-order chi connectivity index (χ1) is 14.4. The summed E-state index contributed by atoms with van der Waals surface area (Å²) in [6, 6.07) is 7.61. The lowest BCUT2D eigenvalue weighted by Crippen LogP contribution is -2.34. The molecule has 0 bridgehead atoms. The molecule has 1 amide bonds. The number of esters is 1. The summed E-state index contributed by atoms with van der Waals surface area (Å²) in [6.45, 7) is 5.19. The van der Waals surface area contributed by atoms with E-state index in [4.69, 9.17) is 21.1 Å². The highest BCUT2D eigenvalue weighted by Gasteiger charge is 2.16. The summed E-state index contributed by atoms with van der Waals surface area (Å²) >= 11 is 6.24. The first kappa shape index (κ1) is 22.1. The Hall–Kier alpha value is -2.64. The molecule has 2 aromatic rings. The van der Waals surface area contributed by atoms with Crippen molar-refractivity contribution in [2.75, 3.05) is 19.8 Å². The van der Waals surface area contributed by atoms with E-state index in [1.54, 1.807) is 6.08 Å². The van der Waals surface area contributed by atoms with Crippen LogP contribution in [0.3, 0.4) is 0 Å². The van der Waals surface area contributed by atoms with E-state index < -0.39 is 5.97 Å². The topological polar surface area (TPSA) is 82.5 Å². The number of carbonyl (C=O) groups excluding carboxylic acids is 2. The highest BCUT2D eigenvalue weighted by Crippen LogP contribution is 2.20. The molecule has 0 saturated carbocycles. The second-order valence-electron chi connectivity index (χ2n) is 7.21. The minimum absolute atomic E-state index is 0.0535. The number of benzene rings is 1. The highest BCUT2D eigenvalue weighted by molar-refractivity contribution is 6.31. The van der Waals surface area contributed by atoms with Crippen LogP contribution in [0.1, 0.15) is 35.4 Å². The number of aryl methyl sites for hydroxylation is 1. The summed E-state index contributed by atoms with van der Waals surface area (Å²) in [4.78, 5) is 23.8. The molecule has 7 nitrogen and oxygen atoms in total. The molecule has 1 atom stereocenters. The number of carbonyl (C=O) groups is 2. The fourth-order valence-corrected chi connectivity index (χ4v) is 3.51. The number of nitrogens with one attached hydrogen (secondary N) is 1. The van der Waals surface area contributed by atoms with E-state index in [0.717, 1.165) is 42.0 Å². The highest BCUT2D eigenvalue weighted by atomic mass is 35.5. The van der Waals surface area contributed by atoms with Gasteiger partial charge in [0.1, 0.15) is 0 Å². The molecule has 1 fully saturated rings. The van der Waals surface area contributed by atoms with E-state index in [2.05, 4.69) is 10.4 Å². The molecule has 1 aliphatic heterocycles. The predicted molar refractivity (Wildman–Crippen MR) is 114 cm³/mol. The second-order valence-corrected chi connectivity index (χ2v) is 7.62. The van der Waals surface area contributed by atoms with Crippen LogP contribution in [0, 0.1) is 13.8 Å². The molecule has 1 unspecified atom stereocenters. The van der Waals surface area contributed by atoms with Gasteiger partial charge in [-0.05, 0) is 44.4 Å². The monoisotopic (exact) mass is 431 g/mol. The van der Waals surface area contributed by atoms with Crippen molar-refractivity contribution in [2.24, 2.45) is 0 Å². The Bertz CT molecular complexity index is 932. The average molecular weight is 432 g/mol. The van der Waals surface area contributed by atoms with Crippen LogP contribution in [0.4, 0.5) is 0 Å². The first-order valence-electron chi connectivity index (χ1n) is 9.94. The van der Waals surface area contributed by atoms with Gasteiger partial charge in [-0.25, -0.2) is 4.79 Å². The van der Waals surface area contributed by atoms with E-state index in [-0.39, 0.29) is 18.6 Å². The van der Waals surface area contributed by atoms with Gasteiger partial charge in [-0.3, -0.25) is 9.48 Å². The zero-order chi connectivity index (χ0) is 21.5. The molecule has 8 heteroatoms. The fraction of sp³-hybridized carbons (Fsp3) is 0.409. The molecule has 30 heavy (non-hydrogen) atoms. The van der Waals surface area contributed by atoms with E-state index in [0.29, 0.717) is 18.1 Å². The number of hydrogen-bond donors (Lipinski definition) is 1. The summed E-state index contributed by atoms with van der Waals surface area (Å²) in [5.41, 5.74) is 3.50. The summed E-state index contributed by atoms with van der Waals surface area (Å²) in [6.07, 6.45) is 4.97. The third-order valence-electron chi connectivity index (χ3n) is 5.00. The van der Waals surface area contributed by atoms with Crippen LogP contribution in [0.25, 0.3) is 6.08 Å². The summed E-state index contributed by atoms with van der Waals surface area (Å²) in [5, 5.41) is 7.94. The quantitative estimate of drug-likeness (QED) is 0.513. The van der Waals surface area contributed by atoms with Crippen LogP contribution in [0.15, 0.2) is 30.3 Å². The van der Waals surface area contributed by atoms with E-state index >= 15 is 0 Å². The molecule has 1 saturated heterocycles. The minimum Gasteiger partial charge on any atom is -0.452 e. The van der Waals surface area contributed by atoms with Crippen molar-refractivity contribution in [3.8, 4) is 0 Å². The van der Waals surface area contributed by atoms with Gasteiger partial charge in [-0.2, -0.15) is 5.10 Å². The Kier molecular flexibility index (Phi) is 7.65. The Labute approximate surface area is 181 Å². The van der Waals surface area contributed by atoms with Crippen molar-refractivity contribution in [3.63, 3.8) is 0 Å². The van der Waals surface area contributed by atoms with E-state index in [9.17, 15) is 9.59 Å². The molecular formula is C22H26ClN3O4. The van der Waals surface area contributed by atoms with Crippen LogP contribution in [-0.2, 0) is 25.6 Å². The number of aromatic nitrogens is 2. The van der Waals surface area contributed by atoms with Crippen molar-refractivity contribution in [1.29, 1.82) is 0 Å². The Morgan fingerprint density at radius 3 is 2.90 bits per heavy atom. The second kappa shape index (κ2) is 10.4. The number of ether oxygens (including phenoxy) is 2. The largest absolute Gasteiger partial charge is 0.452 e. The Balaban J connectivity index is 1.52. The maximum absolute atomic E-state index is 12.0. The van der Waals surface area contributed by atoms with Gasteiger partial charge in [0.05, 0.1) is 18.3 Å². The van der Waals surface area contributed by atoms with Gasteiger partial charge in [-0.1, -0.05) is 29.8 Å². The first-order valence-corrected chi connectivity index (χ1v) is 10.3. The molecular weight excluding hydrogens is 406 g/mol. The number of hydrogen-bond acceptors (Lipinski definition) is 5. The third kappa shape index (κ3) is 5.93. The molecule has 2 heterocycles. The van der Waals surface area contributed by atoms with Gasteiger partial charge >= 0.3 is 5.97 Å². The lowest BCUT2D eigenvalue weighted by molar-refractivity contribution is -0.143. The summed E-state index contributed by atoms with van der Waals surface area (Å²) in [7, 11) is 0. The van der Waals surface area contributed by atoms with Crippen LogP contribution in [-0.4, -0.2) is 47.5 Å². The van der Waals surface area contributed by atoms with Gasteiger partial charge in [0.15, 0.2) is 6.61 Å². The van der Waals surface area contributed by atoms with Gasteiger partial charge in [-0.15, -0.1) is 0 Å². The summed E-state index contributed by atoms with van der Waals surface area (Å²) < 4.78 is 12.3. The van der Waals surface area contributed by atoms with Crippen molar-refractivity contribution >= 4 is 29.6 Å². The molecule has 0 spiro atoms. The lowest BCUT2D eigenvalue weighted by Gasteiger charge is -2.10. The molecule has 0 aliphatic carbocycles. The van der Waals surface area contributed by atoms with Crippen LogP contribution >= 0.6 is 11.6 Å². The van der Waals surface area contributed by atoms with Crippen LogP contribution in [0.2, 0.25) is 5.02 Å². The zero-order valence-electron chi connectivity index (χ0n) is 17.2. The maximum Gasteiger partial charge on any atom is 0.331 e. The minimum atomic E-state index is -0.583. The molecule has 1 N–H and O–H groups in total. The average Bonchev–Trinajstić information content (AvgIpc) is 3.33. The molecule has 1 aromatic carbocycles. The van der Waals surface area contributed by atoms with Crippen LogP contribution in [0.5, 0.6) is 0 Å². The van der Waals surface area contributed by atoms with Gasteiger partial charge in [0.2, 0.25) is 0 Å². The standard InChI is InChI=1S/C22H26ClN3O4/c1-15-19(16(2)26(25-15)13-17-6-3-4-8-20(17)23)9-10-22(28)30-14-21(27)24-12-18-7-5-11-29-18/h3-4,6,8-10,18H,5,7,11-14H2,1-2H3,(H,24,27)/b10-9+. The molecule has 160 valence electrons. The van der Waals surface area contributed by atoms with Gasteiger partial charge in [0, 0.05) is 35.5 Å². The number of rotatable bonds is 8. The normalized spacial score (nSPS) is 16.2. The van der Waals surface area contributed by atoms with Crippen molar-refractivity contribution in [1.82, 2.24) is 15.1 Å². The maximum atomic E-state index is 12.0. The van der Waals surface area contributed by atoms with E-state index in [1.165, 1.54) is 6.08 Å². The Morgan fingerprint density at radius 1 is 1.37 bits per heavy atom. The van der Waals surface area contributed by atoms with Crippen molar-refractivity contribution in [2.45, 2.75) is 39.3 Å². The molecule has 0 radical (unpaired) electrons. The Morgan fingerprint density at radius 2 is 2.17 bits per heavy atom. The summed E-state index contributed by atoms with van der Waals surface area (Å²) in [5.74, 6) is -0.924. The smallest absolute Gasteiger partial charge is 0.331 e. The van der Waals surface area contributed by atoms with Crippen LogP contribution < -0.4 is 5.32 Å². The molecule has 1 aliphatic rings. The fourth-order valence-electron chi connectivity index (χ4n) is 3.31. The third-order valence-corrected chi connectivity index (χ3v) is 5.37. The predicted octanol–water partition coefficient (Wildman–Crippen LogP) is 3.05. The molecule has 1 aromatic heterocycles.